The van der Waals surface area contributed by atoms with Crippen molar-refractivity contribution in [3.8, 4) is 17.6 Å². The summed E-state index contributed by atoms with van der Waals surface area (Å²) in [6, 6.07) is 3.06. The molecule has 3 aromatic heterocycles. The Bertz CT molecular complexity index is 1680. The number of hydrogen-bond donors (Lipinski definition) is 1. The molecule has 2 fully saturated rings. The van der Waals surface area contributed by atoms with Gasteiger partial charge in [0.1, 0.15) is 33.4 Å². The van der Waals surface area contributed by atoms with Gasteiger partial charge in [-0.15, -0.1) is 0 Å². The molecule has 11 nitrogen and oxygen atoms in total. The van der Waals surface area contributed by atoms with Gasteiger partial charge < -0.3 is 24.2 Å². The third-order valence-electron chi connectivity index (χ3n) is 7.78. The molecule has 1 N–H and O–H groups in total. The highest BCUT2D eigenvalue weighted by atomic mass is 35.5. The number of aromatic nitrogens is 5. The number of anilines is 1. The number of nitrogens with zero attached hydrogens (tertiary/aromatic N) is 7. The number of hydrogen-bond acceptors (Lipinski definition) is 9. The first-order valence-electron chi connectivity index (χ1n) is 13.6. The van der Waals surface area contributed by atoms with Gasteiger partial charge in [0, 0.05) is 51.3 Å². The number of pyridine rings is 1. The van der Waals surface area contributed by atoms with E-state index in [9.17, 15) is 9.18 Å². The predicted octanol–water partition coefficient (Wildman–Crippen LogP) is 4.69. The van der Waals surface area contributed by atoms with Gasteiger partial charge in [0.05, 0.1) is 22.5 Å². The van der Waals surface area contributed by atoms with Gasteiger partial charge in [-0.25, -0.2) is 4.39 Å². The Balaban J connectivity index is 1.46. The lowest BCUT2D eigenvalue weighted by Gasteiger charge is -2.35. The smallest absolute Gasteiger partial charge is 0.319 e. The second-order valence-corrected chi connectivity index (χ2v) is 11.2. The summed E-state index contributed by atoms with van der Waals surface area (Å²) in [6.07, 6.45) is 3.64. The summed E-state index contributed by atoms with van der Waals surface area (Å²) in [5.74, 6) is 0.106. The number of aromatic amines is 1. The van der Waals surface area contributed by atoms with Crippen LogP contribution in [0, 0.1) is 11.7 Å². The van der Waals surface area contributed by atoms with Gasteiger partial charge in [0.15, 0.2) is 5.75 Å². The van der Waals surface area contributed by atoms with Crippen molar-refractivity contribution in [2.24, 2.45) is 5.92 Å². The van der Waals surface area contributed by atoms with Gasteiger partial charge in [-0.05, 0) is 25.6 Å². The van der Waals surface area contributed by atoms with E-state index in [1.54, 1.807) is 11.0 Å². The topological polar surface area (TPSA) is 113 Å². The van der Waals surface area contributed by atoms with E-state index in [-0.39, 0.29) is 39.8 Å². The van der Waals surface area contributed by atoms with Crippen LogP contribution in [-0.4, -0.2) is 93.3 Å². The molecule has 2 atom stereocenters. The molecule has 0 bridgehead atoms. The van der Waals surface area contributed by atoms with E-state index in [1.165, 1.54) is 18.3 Å². The third-order valence-corrected chi connectivity index (χ3v) is 8.33. The molecule has 42 heavy (non-hydrogen) atoms. The first kappa shape index (κ1) is 28.4. The van der Waals surface area contributed by atoms with Crippen LogP contribution in [-0.2, 0) is 4.79 Å². The summed E-state index contributed by atoms with van der Waals surface area (Å²) in [7, 11) is 2.06. The Morgan fingerprint density at radius 2 is 1.95 bits per heavy atom. The number of H-pyrrole nitrogens is 1. The van der Waals surface area contributed by atoms with Crippen molar-refractivity contribution in [2.45, 2.75) is 19.4 Å². The molecule has 2 aliphatic rings. The summed E-state index contributed by atoms with van der Waals surface area (Å²) in [6.45, 7) is 9.36. The van der Waals surface area contributed by atoms with E-state index < -0.39 is 5.82 Å². The molecule has 6 rings (SSSR count). The lowest BCUT2D eigenvalue weighted by Crippen LogP contribution is -2.48. The van der Waals surface area contributed by atoms with Crippen molar-refractivity contribution >= 4 is 56.7 Å². The van der Waals surface area contributed by atoms with Crippen LogP contribution >= 0.6 is 23.2 Å². The van der Waals surface area contributed by atoms with Gasteiger partial charge in [0.2, 0.25) is 11.8 Å². The Hall–Kier alpha value is -3.74. The van der Waals surface area contributed by atoms with E-state index in [0.29, 0.717) is 59.7 Å². The third kappa shape index (κ3) is 5.30. The van der Waals surface area contributed by atoms with Crippen molar-refractivity contribution in [2.75, 3.05) is 51.2 Å². The van der Waals surface area contributed by atoms with E-state index in [2.05, 4.69) is 40.6 Å². The molecule has 220 valence electrons. The van der Waals surface area contributed by atoms with Gasteiger partial charge in [0.25, 0.3) is 0 Å². The Morgan fingerprint density at radius 3 is 2.69 bits per heavy atom. The molecule has 4 aromatic rings. The molecule has 2 saturated heterocycles. The Kier molecular flexibility index (Phi) is 7.77. The Labute approximate surface area is 251 Å². The number of likely N-dealkylation sites (N-methyl/N-ethyl adjacent to an activating group) is 1. The number of piperazine rings is 1. The Morgan fingerprint density at radius 1 is 1.17 bits per heavy atom. The minimum Gasteiger partial charge on any atom is -0.458 e. The van der Waals surface area contributed by atoms with Crippen LogP contribution in [0.15, 0.2) is 31.0 Å². The fourth-order valence-electron chi connectivity index (χ4n) is 5.58. The summed E-state index contributed by atoms with van der Waals surface area (Å²) in [5, 5.41) is 7.64. The van der Waals surface area contributed by atoms with Crippen LogP contribution in [0.25, 0.3) is 21.8 Å². The summed E-state index contributed by atoms with van der Waals surface area (Å²) in [4.78, 5) is 32.2. The van der Waals surface area contributed by atoms with Crippen molar-refractivity contribution in [1.82, 2.24) is 34.9 Å². The van der Waals surface area contributed by atoms with Crippen molar-refractivity contribution in [1.29, 1.82) is 0 Å². The fraction of sp³-hybridized carbons (Fsp3) is 0.393. The normalized spacial score (nSPS) is 19.5. The molecule has 1 amide bonds. The number of benzene rings is 1. The second-order valence-electron chi connectivity index (χ2n) is 10.5. The molecular formula is C28H29Cl2FN8O3. The predicted molar refractivity (Wildman–Crippen MR) is 158 cm³/mol. The SMILES string of the molecule is C=CC(=O)N1CCN(c2nc(O[C@@H]3CN(C)CC3CC)nc3c(Oc4c(Cl)c(F)cc5[nH]ncc45)nc(Cl)cc23)CC1. The molecule has 0 aliphatic carbocycles. The van der Waals surface area contributed by atoms with E-state index in [1.807, 2.05) is 4.90 Å². The van der Waals surface area contributed by atoms with E-state index in [4.69, 9.17) is 42.6 Å². The number of carbonyl (C=O) groups is 1. The summed E-state index contributed by atoms with van der Waals surface area (Å²) < 4.78 is 27.3. The van der Waals surface area contributed by atoms with Crippen LogP contribution in [0.3, 0.4) is 0 Å². The molecule has 0 spiro atoms. The van der Waals surface area contributed by atoms with Gasteiger partial charge in [-0.2, -0.15) is 20.1 Å². The summed E-state index contributed by atoms with van der Waals surface area (Å²) >= 11 is 12.8. The first-order chi connectivity index (χ1) is 20.2. The number of ether oxygens (including phenoxy) is 2. The maximum atomic E-state index is 14.7. The van der Waals surface area contributed by atoms with Crippen molar-refractivity contribution < 1.29 is 18.7 Å². The van der Waals surface area contributed by atoms with Gasteiger partial charge in [-0.3, -0.25) is 9.89 Å². The zero-order valence-corrected chi connectivity index (χ0v) is 24.6. The lowest BCUT2D eigenvalue weighted by molar-refractivity contribution is -0.126. The van der Waals surface area contributed by atoms with Gasteiger partial charge >= 0.3 is 6.01 Å². The quantitative estimate of drug-likeness (QED) is 0.234. The number of fused-ring (bicyclic) bond motifs is 2. The largest absolute Gasteiger partial charge is 0.458 e. The van der Waals surface area contributed by atoms with Crippen molar-refractivity contribution in [3.05, 3.63) is 47.0 Å². The number of nitrogens with one attached hydrogen (secondary N) is 1. The first-order valence-corrected chi connectivity index (χ1v) is 14.4. The minimum absolute atomic E-state index is 0.0112. The van der Waals surface area contributed by atoms with Crippen LogP contribution in [0.4, 0.5) is 10.2 Å². The molecule has 0 radical (unpaired) electrons. The fourth-order valence-corrected chi connectivity index (χ4v) is 5.96. The van der Waals surface area contributed by atoms with Crippen LogP contribution in [0.5, 0.6) is 17.6 Å². The molecule has 2 aliphatic heterocycles. The number of amides is 1. The van der Waals surface area contributed by atoms with Gasteiger partial charge in [-0.1, -0.05) is 36.7 Å². The standard InChI is InChI=1S/C28H29Cl2FN8O3/c1-4-15-13-37(3)14-20(15)41-28-34-24-16(26(35-28)39-8-6-38(7-9-39)22(40)5-2)10-21(29)33-27(24)42-25-17-12-32-36-19(17)11-18(31)23(25)30/h5,10-12,15,20H,2,4,6-9,13-14H2,1,3H3,(H,32,36)/t15?,20-/m1/s1. The second kappa shape index (κ2) is 11.5. The summed E-state index contributed by atoms with van der Waals surface area (Å²) in [5.41, 5.74) is 0.723. The highest BCUT2D eigenvalue weighted by molar-refractivity contribution is 6.33. The van der Waals surface area contributed by atoms with Crippen LogP contribution in [0.2, 0.25) is 10.2 Å². The molecule has 1 aromatic carbocycles. The molecule has 5 heterocycles. The number of carbonyl (C=O) groups excluding carboxylic acids is 1. The van der Waals surface area contributed by atoms with E-state index in [0.717, 1.165) is 19.5 Å². The molecule has 0 saturated carbocycles. The zero-order chi connectivity index (χ0) is 29.5. The maximum Gasteiger partial charge on any atom is 0.319 e. The monoisotopic (exact) mass is 614 g/mol. The number of halogens is 3. The average molecular weight is 615 g/mol. The maximum absolute atomic E-state index is 14.7. The zero-order valence-electron chi connectivity index (χ0n) is 23.1. The highest BCUT2D eigenvalue weighted by Gasteiger charge is 2.33. The molecule has 14 heteroatoms. The highest BCUT2D eigenvalue weighted by Crippen LogP contribution is 2.41. The average Bonchev–Trinajstić information content (AvgIpc) is 3.60. The molecular weight excluding hydrogens is 586 g/mol. The minimum atomic E-state index is -0.683. The number of rotatable bonds is 7. The van der Waals surface area contributed by atoms with E-state index >= 15 is 0 Å². The molecule has 1 unspecified atom stereocenters. The van der Waals surface area contributed by atoms with Crippen LogP contribution in [0.1, 0.15) is 13.3 Å². The lowest BCUT2D eigenvalue weighted by atomic mass is 10.0. The van der Waals surface area contributed by atoms with Crippen molar-refractivity contribution in [3.63, 3.8) is 0 Å². The van der Waals surface area contributed by atoms with Crippen LogP contribution < -0.4 is 14.4 Å². The number of likely N-dealkylation sites (tertiary alicyclic amines) is 1.